The number of thiophene rings is 1. The number of anilines is 5. The number of hydrogen-bond donors (Lipinski definition) is 0. The molecule has 0 bridgehead atoms. The summed E-state index contributed by atoms with van der Waals surface area (Å²) in [6, 6.07) is 64.9. The van der Waals surface area contributed by atoms with E-state index in [1.54, 1.807) is 0 Å². The standard InChI is InChI=1S/C57H49BN2S/c1-4-6-18-39-27-30-43(31-28-39)60-52-25-15-13-23-45(52)49-34-42(44-22-12-11-17-38(44)3)35-54-57(49)58(60)50-36-48-46-24-14-16-26-55(46)61-56(48)37-53(50)59(54)51-32-29-40(19-7-5-2)33-47(51)41-20-9-8-10-21-41/h8-17,20-37H,4-7,18-19H2,1-3H3. The first-order chi connectivity index (χ1) is 30.1. The first-order valence-electron chi connectivity index (χ1n) is 22.2. The lowest BCUT2D eigenvalue weighted by Gasteiger charge is -2.46. The van der Waals surface area contributed by atoms with Gasteiger partial charge in [-0.3, -0.25) is 0 Å². The van der Waals surface area contributed by atoms with Gasteiger partial charge in [0.2, 0.25) is 0 Å². The van der Waals surface area contributed by atoms with Gasteiger partial charge in [0.1, 0.15) is 0 Å². The first-order valence-corrected chi connectivity index (χ1v) is 23.1. The van der Waals surface area contributed by atoms with E-state index in [9.17, 15) is 0 Å². The Hall–Kier alpha value is -6.36. The van der Waals surface area contributed by atoms with Crippen molar-refractivity contribution >= 4 is 77.7 Å². The number of rotatable bonds is 10. The monoisotopic (exact) mass is 804 g/mol. The van der Waals surface area contributed by atoms with E-state index >= 15 is 0 Å². The van der Waals surface area contributed by atoms with Gasteiger partial charge in [0, 0.05) is 54.0 Å². The molecule has 0 amide bonds. The van der Waals surface area contributed by atoms with Crippen molar-refractivity contribution in [1.29, 1.82) is 0 Å². The molecule has 2 aliphatic heterocycles. The van der Waals surface area contributed by atoms with E-state index in [0.717, 1.165) is 12.8 Å². The maximum absolute atomic E-state index is 2.65. The Labute approximate surface area is 364 Å². The normalized spacial score (nSPS) is 12.8. The van der Waals surface area contributed by atoms with Gasteiger partial charge in [0.25, 0.3) is 0 Å². The first kappa shape index (κ1) is 37.6. The van der Waals surface area contributed by atoms with Gasteiger partial charge >= 0.3 is 6.85 Å². The second-order valence-electron chi connectivity index (χ2n) is 17.0. The number of hydrogen-bond acceptors (Lipinski definition) is 3. The third-order valence-electron chi connectivity index (χ3n) is 13.1. The van der Waals surface area contributed by atoms with Crippen LogP contribution < -0.4 is 20.6 Å². The van der Waals surface area contributed by atoms with Crippen molar-refractivity contribution < 1.29 is 0 Å². The smallest absolute Gasteiger partial charge is 0.333 e. The summed E-state index contributed by atoms with van der Waals surface area (Å²) in [4.78, 5) is 5.29. The molecule has 2 nitrogen and oxygen atoms in total. The van der Waals surface area contributed by atoms with E-state index in [2.05, 4.69) is 200 Å². The van der Waals surface area contributed by atoms with Crippen LogP contribution in [0.4, 0.5) is 28.4 Å². The van der Waals surface area contributed by atoms with Gasteiger partial charge < -0.3 is 9.71 Å². The van der Waals surface area contributed by atoms with E-state index in [-0.39, 0.29) is 6.85 Å². The summed E-state index contributed by atoms with van der Waals surface area (Å²) < 4.78 is 2.64. The zero-order chi connectivity index (χ0) is 41.0. The van der Waals surface area contributed by atoms with Crippen LogP contribution in [0, 0.1) is 6.92 Å². The highest BCUT2D eigenvalue weighted by Crippen LogP contribution is 2.51. The zero-order valence-electron chi connectivity index (χ0n) is 35.3. The minimum Gasteiger partial charge on any atom is -0.376 e. The molecule has 0 radical (unpaired) electrons. The van der Waals surface area contributed by atoms with E-state index in [1.165, 1.54) is 135 Å². The molecule has 61 heavy (non-hydrogen) atoms. The van der Waals surface area contributed by atoms with Gasteiger partial charge in [0.05, 0.1) is 5.69 Å². The molecule has 8 aromatic carbocycles. The highest BCUT2D eigenvalue weighted by molar-refractivity contribution is 7.26. The Morgan fingerprint density at radius 1 is 0.475 bits per heavy atom. The molecule has 0 aliphatic carbocycles. The molecular weight excluding hydrogens is 756 g/mol. The van der Waals surface area contributed by atoms with Crippen molar-refractivity contribution in [2.24, 2.45) is 0 Å². The zero-order valence-corrected chi connectivity index (χ0v) is 36.1. The molecule has 1 aromatic heterocycles. The van der Waals surface area contributed by atoms with Crippen molar-refractivity contribution in [2.75, 3.05) is 9.71 Å². The molecule has 11 rings (SSSR count). The van der Waals surface area contributed by atoms with Crippen LogP contribution in [0.1, 0.15) is 56.2 Å². The fourth-order valence-corrected chi connectivity index (χ4v) is 11.2. The molecule has 0 atom stereocenters. The second-order valence-corrected chi connectivity index (χ2v) is 18.1. The largest absolute Gasteiger partial charge is 0.376 e. The van der Waals surface area contributed by atoms with Crippen molar-refractivity contribution in [2.45, 2.75) is 59.3 Å². The Kier molecular flexibility index (Phi) is 9.62. The summed E-state index contributed by atoms with van der Waals surface area (Å²) in [5.74, 6) is 0. The minimum atomic E-state index is -0.0642. The van der Waals surface area contributed by atoms with E-state index in [0.29, 0.717) is 0 Å². The quantitative estimate of drug-likeness (QED) is 0.127. The molecule has 0 unspecified atom stereocenters. The van der Waals surface area contributed by atoms with Crippen LogP contribution >= 0.6 is 11.3 Å². The number of aryl methyl sites for hydroxylation is 3. The molecule has 2 aliphatic rings. The van der Waals surface area contributed by atoms with Crippen LogP contribution in [0.15, 0.2) is 170 Å². The highest BCUT2D eigenvalue weighted by Gasteiger charge is 2.46. The summed E-state index contributed by atoms with van der Waals surface area (Å²) in [5, 5.41) is 2.65. The van der Waals surface area contributed by atoms with Crippen molar-refractivity contribution in [3.63, 3.8) is 0 Å². The molecule has 0 saturated carbocycles. The van der Waals surface area contributed by atoms with Crippen LogP contribution in [-0.2, 0) is 12.8 Å². The van der Waals surface area contributed by atoms with Gasteiger partial charge in [-0.05, 0) is 137 Å². The number of nitrogens with zero attached hydrogens (tertiary/aromatic N) is 2. The lowest BCUT2D eigenvalue weighted by atomic mass is 9.43. The molecule has 4 heteroatoms. The number of fused-ring (bicyclic) bond motifs is 7. The fraction of sp³-hybridized carbons (Fsp3) is 0.158. The lowest BCUT2D eigenvalue weighted by molar-refractivity contribution is 0.795. The van der Waals surface area contributed by atoms with Crippen molar-refractivity contribution in [1.82, 2.24) is 0 Å². The average molecular weight is 805 g/mol. The summed E-state index contributed by atoms with van der Waals surface area (Å²) in [7, 11) is 0. The summed E-state index contributed by atoms with van der Waals surface area (Å²) >= 11 is 1.91. The van der Waals surface area contributed by atoms with Crippen LogP contribution in [0.5, 0.6) is 0 Å². The average Bonchev–Trinajstić information content (AvgIpc) is 3.67. The predicted molar refractivity (Wildman–Crippen MR) is 266 cm³/mol. The molecule has 296 valence electrons. The predicted octanol–water partition coefficient (Wildman–Crippen LogP) is 15.1. The Bertz CT molecular complexity index is 3090. The summed E-state index contributed by atoms with van der Waals surface area (Å²) in [6.45, 7) is 6.75. The maximum Gasteiger partial charge on any atom is 0.333 e. The number of benzene rings is 8. The van der Waals surface area contributed by atoms with Crippen LogP contribution in [-0.4, -0.2) is 6.85 Å². The maximum atomic E-state index is 2.65. The Morgan fingerprint density at radius 3 is 1.98 bits per heavy atom. The SMILES string of the molecule is CCCCc1ccc(N2B3c4cc5c(cc4N(c4ccc(CCCC)cc4-c4ccccc4)c4cc(-c6ccccc6C)cc(c43)-c3ccccc32)sc2ccccc25)cc1. The molecule has 0 spiro atoms. The van der Waals surface area contributed by atoms with E-state index < -0.39 is 0 Å². The summed E-state index contributed by atoms with van der Waals surface area (Å²) in [6.07, 6.45) is 6.91. The third-order valence-corrected chi connectivity index (χ3v) is 14.3. The Morgan fingerprint density at radius 2 is 1.18 bits per heavy atom. The minimum absolute atomic E-state index is 0.0642. The van der Waals surface area contributed by atoms with Gasteiger partial charge in [-0.25, -0.2) is 0 Å². The van der Waals surface area contributed by atoms with E-state index in [4.69, 9.17) is 0 Å². The van der Waals surface area contributed by atoms with Gasteiger partial charge in [0.15, 0.2) is 0 Å². The third kappa shape index (κ3) is 6.39. The van der Waals surface area contributed by atoms with Crippen LogP contribution in [0.3, 0.4) is 0 Å². The van der Waals surface area contributed by atoms with Crippen LogP contribution in [0.2, 0.25) is 0 Å². The molecule has 0 fully saturated rings. The van der Waals surface area contributed by atoms with E-state index in [1.807, 2.05) is 11.3 Å². The summed E-state index contributed by atoms with van der Waals surface area (Å²) in [5.41, 5.74) is 20.5. The molecule has 9 aromatic rings. The lowest BCUT2D eigenvalue weighted by Crippen LogP contribution is -2.61. The van der Waals surface area contributed by atoms with Gasteiger partial charge in [-0.2, -0.15) is 0 Å². The van der Waals surface area contributed by atoms with Crippen LogP contribution in [0.25, 0.3) is 53.6 Å². The molecule has 0 N–H and O–H groups in total. The Balaban J connectivity index is 1.26. The number of para-hydroxylation sites is 1. The highest BCUT2D eigenvalue weighted by atomic mass is 32.1. The molecular formula is C57H49BN2S. The second kappa shape index (κ2) is 15.6. The topological polar surface area (TPSA) is 6.48 Å². The van der Waals surface area contributed by atoms with Gasteiger partial charge in [-0.15, -0.1) is 11.3 Å². The fourth-order valence-electron chi connectivity index (χ4n) is 10.1. The van der Waals surface area contributed by atoms with Gasteiger partial charge in [-0.1, -0.05) is 142 Å². The number of unbranched alkanes of at least 4 members (excludes halogenated alkanes) is 2. The van der Waals surface area contributed by atoms with Crippen molar-refractivity contribution in [3.8, 4) is 33.4 Å². The van der Waals surface area contributed by atoms with Crippen molar-refractivity contribution in [3.05, 3.63) is 187 Å². The molecule has 0 saturated heterocycles. The molecule has 3 heterocycles.